The molecule has 0 aromatic rings. The van der Waals surface area contributed by atoms with Gasteiger partial charge in [0.05, 0.1) is 0 Å². The Labute approximate surface area is 147 Å². The Morgan fingerprint density at radius 2 is 1.17 bits per heavy atom. The number of unbranched alkanes of at least 4 members (excludes halogenated alkanes) is 10. The molecule has 0 aromatic heterocycles. The number of carboxylic acid groups (broad SMARTS) is 1. The molecule has 0 aliphatic carbocycles. The van der Waals surface area contributed by atoms with Crippen LogP contribution >= 0.6 is 0 Å². The third kappa shape index (κ3) is 13.8. The van der Waals surface area contributed by atoms with Gasteiger partial charge in [-0.15, -0.1) is 0 Å². The summed E-state index contributed by atoms with van der Waals surface area (Å²) in [6.45, 7) is 2.23. The Hall–Kier alpha value is -0.650. The summed E-state index contributed by atoms with van der Waals surface area (Å²) in [7, 11) is 0. The highest BCUT2D eigenvalue weighted by Gasteiger charge is 2.25. The summed E-state index contributed by atoms with van der Waals surface area (Å²) in [5.74, 6) is -1.63. The van der Waals surface area contributed by atoms with Crippen LogP contribution in [0.1, 0.15) is 96.8 Å². The summed E-state index contributed by atoms with van der Waals surface area (Å²) in [6, 6.07) is 0. The van der Waals surface area contributed by atoms with Crippen LogP contribution in [-0.2, 0) is 4.79 Å². The lowest BCUT2D eigenvalue weighted by atomic mass is 9.90. The summed E-state index contributed by atoms with van der Waals surface area (Å²) >= 11 is 0. The van der Waals surface area contributed by atoms with Crippen LogP contribution in [-0.4, -0.2) is 38.8 Å². The van der Waals surface area contributed by atoms with E-state index >= 15 is 0 Å². The molecular weight excluding hydrogens is 308 g/mol. The predicted molar refractivity (Wildman–Crippen MR) is 95.7 cm³/mol. The van der Waals surface area contributed by atoms with Crippen LogP contribution in [0.2, 0.25) is 0 Å². The van der Waals surface area contributed by atoms with E-state index in [4.69, 9.17) is 15.3 Å². The number of aliphatic hydroxyl groups excluding tert-OH is 2. The van der Waals surface area contributed by atoms with Crippen molar-refractivity contribution in [3.05, 3.63) is 0 Å². The van der Waals surface area contributed by atoms with Crippen molar-refractivity contribution in [1.82, 2.24) is 0 Å². The van der Waals surface area contributed by atoms with Crippen molar-refractivity contribution in [2.24, 2.45) is 5.92 Å². The van der Waals surface area contributed by atoms with E-state index in [1.54, 1.807) is 0 Å². The Morgan fingerprint density at radius 1 is 0.708 bits per heavy atom. The molecule has 144 valence electrons. The van der Waals surface area contributed by atoms with E-state index in [9.17, 15) is 9.90 Å². The van der Waals surface area contributed by atoms with Crippen LogP contribution in [0.15, 0.2) is 0 Å². The van der Waals surface area contributed by atoms with Gasteiger partial charge in [0.25, 0.3) is 0 Å². The highest BCUT2D eigenvalue weighted by molar-refractivity contribution is 5.72. The predicted octanol–water partition coefficient (Wildman–Crippen LogP) is 3.84. The highest BCUT2D eigenvalue weighted by Crippen LogP contribution is 2.21. The largest absolute Gasteiger partial charge is 0.479 e. The molecule has 2 atom stereocenters. The first kappa shape index (κ1) is 23.4. The number of rotatable bonds is 17. The quantitative estimate of drug-likeness (QED) is 0.237. The number of hydrogen-bond acceptors (Lipinski definition) is 4. The van der Waals surface area contributed by atoms with Crippen molar-refractivity contribution in [1.29, 1.82) is 0 Å². The maximum atomic E-state index is 10.9. The molecule has 0 aliphatic heterocycles. The van der Waals surface area contributed by atoms with E-state index in [-0.39, 0.29) is 6.42 Å². The molecule has 0 bridgehead atoms. The zero-order valence-corrected chi connectivity index (χ0v) is 15.3. The average molecular weight is 347 g/mol. The summed E-state index contributed by atoms with van der Waals surface area (Å²) in [6.07, 6.45) is 11.7. The fourth-order valence-corrected chi connectivity index (χ4v) is 3.10. The fourth-order valence-electron chi connectivity index (χ4n) is 3.10. The third-order valence-electron chi connectivity index (χ3n) is 4.67. The summed E-state index contributed by atoms with van der Waals surface area (Å²) in [5, 5.41) is 36.4. The fraction of sp³-hybridized carbons (Fsp3) is 0.947. The van der Waals surface area contributed by atoms with Crippen molar-refractivity contribution in [3.8, 4) is 0 Å². The van der Waals surface area contributed by atoms with E-state index < -0.39 is 24.3 Å². The van der Waals surface area contributed by atoms with Crippen LogP contribution in [0, 0.1) is 5.92 Å². The van der Waals surface area contributed by atoms with Gasteiger partial charge in [-0.25, -0.2) is 4.79 Å². The van der Waals surface area contributed by atoms with Crippen LogP contribution < -0.4 is 0 Å². The van der Waals surface area contributed by atoms with E-state index in [1.165, 1.54) is 51.4 Å². The van der Waals surface area contributed by atoms with Crippen molar-refractivity contribution < 1.29 is 25.2 Å². The van der Waals surface area contributed by atoms with Crippen LogP contribution in [0.25, 0.3) is 0 Å². The van der Waals surface area contributed by atoms with Gasteiger partial charge >= 0.3 is 5.97 Å². The molecule has 5 heteroatoms. The molecule has 0 saturated heterocycles. The molecule has 0 saturated carbocycles. The minimum absolute atomic E-state index is 0.104. The second-order valence-corrected chi connectivity index (χ2v) is 6.93. The minimum atomic E-state index is -1.44. The van der Waals surface area contributed by atoms with Gasteiger partial charge in [-0.1, -0.05) is 77.6 Å². The zero-order chi connectivity index (χ0) is 18.2. The van der Waals surface area contributed by atoms with Crippen molar-refractivity contribution in [2.75, 3.05) is 0 Å². The van der Waals surface area contributed by atoms with Crippen molar-refractivity contribution in [2.45, 2.75) is 109 Å². The van der Waals surface area contributed by atoms with E-state index in [0.717, 1.165) is 19.3 Å². The van der Waals surface area contributed by atoms with E-state index in [1.807, 2.05) is 0 Å². The zero-order valence-electron chi connectivity index (χ0n) is 15.3. The first-order valence-electron chi connectivity index (χ1n) is 9.76. The molecular formula is C19H38O5. The standard InChI is InChI=1S/C19H38O5/c1-2-3-4-5-6-7-8-9-10-11-12-13-16(14-15-17(20)21)18(22)19(23)24/h16-18,20-22H,2-15H2,1H3,(H,23,24). The summed E-state index contributed by atoms with van der Waals surface area (Å²) in [4.78, 5) is 10.9. The van der Waals surface area contributed by atoms with Gasteiger partial charge in [0.2, 0.25) is 0 Å². The van der Waals surface area contributed by atoms with Crippen LogP contribution in [0.5, 0.6) is 0 Å². The number of carbonyl (C=O) groups is 1. The average Bonchev–Trinajstić information content (AvgIpc) is 2.54. The van der Waals surface area contributed by atoms with Gasteiger partial charge < -0.3 is 20.4 Å². The number of aliphatic hydroxyl groups is 3. The second kappa shape index (κ2) is 15.9. The Morgan fingerprint density at radius 3 is 1.58 bits per heavy atom. The number of hydrogen-bond donors (Lipinski definition) is 4. The van der Waals surface area contributed by atoms with Gasteiger partial charge in [-0.2, -0.15) is 0 Å². The summed E-state index contributed by atoms with van der Waals surface area (Å²) < 4.78 is 0. The highest BCUT2D eigenvalue weighted by atomic mass is 16.5. The van der Waals surface area contributed by atoms with Crippen LogP contribution in [0.3, 0.4) is 0 Å². The molecule has 0 rings (SSSR count). The Bertz CT molecular complexity index is 293. The maximum absolute atomic E-state index is 10.9. The smallest absolute Gasteiger partial charge is 0.332 e. The Kier molecular flexibility index (Phi) is 15.4. The lowest BCUT2D eigenvalue weighted by Gasteiger charge is -2.20. The van der Waals surface area contributed by atoms with Gasteiger partial charge in [0, 0.05) is 0 Å². The third-order valence-corrected chi connectivity index (χ3v) is 4.67. The molecule has 0 spiro atoms. The van der Waals surface area contributed by atoms with Gasteiger partial charge in [-0.05, 0) is 25.2 Å². The Balaban J connectivity index is 3.67. The normalized spacial score (nSPS) is 14.0. The first-order chi connectivity index (χ1) is 11.5. The minimum Gasteiger partial charge on any atom is -0.479 e. The molecule has 5 nitrogen and oxygen atoms in total. The molecule has 0 heterocycles. The lowest BCUT2D eigenvalue weighted by Crippen LogP contribution is -2.30. The van der Waals surface area contributed by atoms with E-state index in [2.05, 4.69) is 6.92 Å². The molecule has 0 aromatic carbocycles. The second-order valence-electron chi connectivity index (χ2n) is 6.93. The summed E-state index contributed by atoms with van der Waals surface area (Å²) in [5.41, 5.74) is 0. The van der Waals surface area contributed by atoms with Crippen molar-refractivity contribution in [3.63, 3.8) is 0 Å². The SMILES string of the molecule is CCCCCCCCCCCCCC(CCC(O)O)C(O)C(=O)O. The maximum Gasteiger partial charge on any atom is 0.332 e. The van der Waals surface area contributed by atoms with Gasteiger partial charge in [0.15, 0.2) is 12.4 Å². The van der Waals surface area contributed by atoms with Gasteiger partial charge in [-0.3, -0.25) is 0 Å². The topological polar surface area (TPSA) is 98.0 Å². The van der Waals surface area contributed by atoms with Crippen molar-refractivity contribution >= 4 is 5.97 Å². The molecule has 0 radical (unpaired) electrons. The van der Waals surface area contributed by atoms with Crippen LogP contribution in [0.4, 0.5) is 0 Å². The molecule has 24 heavy (non-hydrogen) atoms. The van der Waals surface area contributed by atoms with E-state index in [0.29, 0.717) is 12.8 Å². The van der Waals surface area contributed by atoms with Gasteiger partial charge in [0.1, 0.15) is 0 Å². The lowest BCUT2D eigenvalue weighted by molar-refractivity contribution is -0.150. The molecule has 4 N–H and O–H groups in total. The molecule has 2 unspecified atom stereocenters. The molecule has 0 amide bonds. The first-order valence-corrected chi connectivity index (χ1v) is 9.76. The molecule has 0 aliphatic rings. The number of carboxylic acids is 1. The number of aliphatic carboxylic acids is 1. The monoisotopic (exact) mass is 346 g/mol. The molecule has 0 fully saturated rings.